The highest BCUT2D eigenvalue weighted by Gasteiger charge is 2.26. The van der Waals surface area contributed by atoms with Crippen LogP contribution in [-0.4, -0.2) is 19.1 Å². The Morgan fingerprint density at radius 3 is 2.52 bits per heavy atom. The van der Waals surface area contributed by atoms with E-state index >= 15 is 0 Å². The van der Waals surface area contributed by atoms with Crippen LogP contribution in [0, 0.1) is 5.41 Å². The first kappa shape index (κ1) is 15.8. The number of ether oxygens (including phenoxy) is 1. The van der Waals surface area contributed by atoms with Gasteiger partial charge in [-0.05, 0) is 36.0 Å². The summed E-state index contributed by atoms with van der Waals surface area (Å²) in [5.74, 6) is 0.649. The number of carbonyl (C=O) groups excluding carboxylic acids is 1. The maximum atomic E-state index is 11.9. The summed E-state index contributed by atoms with van der Waals surface area (Å²) in [6.45, 7) is 3.59. The summed E-state index contributed by atoms with van der Waals surface area (Å²) in [6, 6.07) is 7.52. The molecule has 0 radical (unpaired) electrons. The average Bonchev–Trinajstić information content (AvgIpc) is 2.52. The number of hydrogen-bond donors (Lipinski definition) is 2. The van der Waals surface area contributed by atoms with Crippen LogP contribution in [0.5, 0.6) is 5.75 Å². The third kappa shape index (κ3) is 5.05. The number of nitrogens with one attached hydrogen (secondary N) is 1. The van der Waals surface area contributed by atoms with Crippen LogP contribution in [0.1, 0.15) is 44.6 Å². The highest BCUT2D eigenvalue weighted by molar-refractivity contribution is 5.77. The van der Waals surface area contributed by atoms with E-state index in [0.717, 1.165) is 12.1 Å². The van der Waals surface area contributed by atoms with Gasteiger partial charge in [-0.1, -0.05) is 38.3 Å². The van der Waals surface area contributed by atoms with Crippen molar-refractivity contribution in [1.82, 2.24) is 5.32 Å². The van der Waals surface area contributed by atoms with E-state index in [0.29, 0.717) is 12.3 Å². The monoisotopic (exact) mass is 290 g/mol. The van der Waals surface area contributed by atoms with Crippen molar-refractivity contribution in [2.75, 3.05) is 13.2 Å². The predicted octanol–water partition coefficient (Wildman–Crippen LogP) is 2.61. The van der Waals surface area contributed by atoms with Crippen LogP contribution in [0.3, 0.4) is 0 Å². The van der Waals surface area contributed by atoms with Gasteiger partial charge in [-0.3, -0.25) is 4.79 Å². The Morgan fingerprint density at radius 2 is 1.90 bits per heavy atom. The molecule has 0 saturated heterocycles. The molecular formula is C17H26N2O2. The van der Waals surface area contributed by atoms with Gasteiger partial charge in [0, 0.05) is 13.1 Å². The van der Waals surface area contributed by atoms with Crippen LogP contribution in [0.15, 0.2) is 24.3 Å². The van der Waals surface area contributed by atoms with E-state index in [-0.39, 0.29) is 17.9 Å². The Balaban J connectivity index is 1.71. The second kappa shape index (κ2) is 7.46. The molecule has 1 amide bonds. The van der Waals surface area contributed by atoms with E-state index in [4.69, 9.17) is 10.5 Å². The van der Waals surface area contributed by atoms with Gasteiger partial charge in [-0.25, -0.2) is 0 Å². The van der Waals surface area contributed by atoms with Crippen molar-refractivity contribution >= 4 is 5.91 Å². The fourth-order valence-corrected chi connectivity index (χ4v) is 2.82. The van der Waals surface area contributed by atoms with Crippen LogP contribution in [0.4, 0.5) is 0 Å². The third-order valence-corrected chi connectivity index (χ3v) is 4.30. The molecule has 3 N–H and O–H groups in total. The third-order valence-electron chi connectivity index (χ3n) is 4.30. The van der Waals surface area contributed by atoms with Crippen LogP contribution in [0.2, 0.25) is 0 Å². The Morgan fingerprint density at radius 1 is 1.24 bits per heavy atom. The maximum Gasteiger partial charge on any atom is 0.257 e. The number of nitrogens with two attached hydrogens (primary N) is 1. The lowest BCUT2D eigenvalue weighted by molar-refractivity contribution is -0.123. The molecule has 0 unspecified atom stereocenters. The molecule has 0 spiro atoms. The molecule has 1 fully saturated rings. The van der Waals surface area contributed by atoms with Crippen molar-refractivity contribution < 1.29 is 9.53 Å². The van der Waals surface area contributed by atoms with Gasteiger partial charge < -0.3 is 15.8 Å². The van der Waals surface area contributed by atoms with E-state index < -0.39 is 0 Å². The molecule has 0 aromatic heterocycles. The van der Waals surface area contributed by atoms with Crippen molar-refractivity contribution in [1.29, 1.82) is 0 Å². The largest absolute Gasteiger partial charge is 0.484 e. The molecule has 1 aromatic carbocycles. The Bertz CT molecular complexity index is 450. The van der Waals surface area contributed by atoms with Gasteiger partial charge in [0.05, 0.1) is 0 Å². The molecule has 1 aromatic rings. The summed E-state index contributed by atoms with van der Waals surface area (Å²) in [5.41, 5.74) is 6.85. The summed E-state index contributed by atoms with van der Waals surface area (Å²) >= 11 is 0. The van der Waals surface area contributed by atoms with Crippen molar-refractivity contribution in [3.8, 4) is 5.75 Å². The van der Waals surface area contributed by atoms with E-state index in [2.05, 4.69) is 12.2 Å². The minimum absolute atomic E-state index is 0.0512. The maximum absolute atomic E-state index is 11.9. The van der Waals surface area contributed by atoms with Gasteiger partial charge in [0.2, 0.25) is 0 Å². The van der Waals surface area contributed by atoms with Crippen molar-refractivity contribution in [3.05, 3.63) is 29.8 Å². The Kier molecular flexibility index (Phi) is 5.62. The lowest BCUT2D eigenvalue weighted by Gasteiger charge is -2.33. The van der Waals surface area contributed by atoms with Gasteiger partial charge >= 0.3 is 0 Å². The summed E-state index contributed by atoms with van der Waals surface area (Å²) in [4.78, 5) is 11.9. The average molecular weight is 290 g/mol. The smallest absolute Gasteiger partial charge is 0.257 e. The van der Waals surface area contributed by atoms with E-state index in [1.807, 2.05) is 24.3 Å². The van der Waals surface area contributed by atoms with E-state index in [9.17, 15) is 4.79 Å². The summed E-state index contributed by atoms with van der Waals surface area (Å²) < 4.78 is 5.49. The lowest BCUT2D eigenvalue weighted by atomic mass is 9.76. The van der Waals surface area contributed by atoms with Crippen LogP contribution in [-0.2, 0) is 11.3 Å². The molecule has 1 saturated carbocycles. The molecule has 4 heteroatoms. The summed E-state index contributed by atoms with van der Waals surface area (Å²) in [5, 5.41) is 3.00. The number of benzene rings is 1. The van der Waals surface area contributed by atoms with E-state index in [1.165, 1.54) is 32.1 Å². The molecular weight excluding hydrogens is 264 g/mol. The quantitative estimate of drug-likeness (QED) is 0.846. The zero-order valence-electron chi connectivity index (χ0n) is 12.9. The number of carbonyl (C=O) groups is 1. The molecule has 0 heterocycles. The zero-order valence-corrected chi connectivity index (χ0v) is 12.9. The number of rotatable bonds is 6. The van der Waals surface area contributed by atoms with Gasteiger partial charge in [0.15, 0.2) is 6.61 Å². The van der Waals surface area contributed by atoms with Crippen LogP contribution >= 0.6 is 0 Å². The molecule has 1 aliphatic carbocycles. The fraction of sp³-hybridized carbons (Fsp3) is 0.588. The molecule has 116 valence electrons. The first-order chi connectivity index (χ1) is 10.1. The first-order valence-electron chi connectivity index (χ1n) is 7.80. The standard InChI is InChI=1S/C17H26N2O2/c1-17(9-3-2-4-10-17)13-19-16(20)12-21-15-7-5-14(11-18)6-8-15/h5-8H,2-4,9-13,18H2,1H3,(H,19,20). The minimum atomic E-state index is -0.0512. The highest BCUT2D eigenvalue weighted by Crippen LogP contribution is 2.34. The highest BCUT2D eigenvalue weighted by atomic mass is 16.5. The lowest BCUT2D eigenvalue weighted by Crippen LogP contribution is -2.39. The predicted molar refractivity (Wildman–Crippen MR) is 84.0 cm³/mol. The topological polar surface area (TPSA) is 64.3 Å². The first-order valence-corrected chi connectivity index (χ1v) is 7.80. The Labute approximate surface area is 127 Å². The molecule has 2 rings (SSSR count). The normalized spacial score (nSPS) is 17.2. The second-order valence-corrected chi connectivity index (χ2v) is 6.28. The molecule has 21 heavy (non-hydrogen) atoms. The zero-order chi connectivity index (χ0) is 15.1. The summed E-state index contributed by atoms with van der Waals surface area (Å²) in [7, 11) is 0. The fourth-order valence-electron chi connectivity index (χ4n) is 2.82. The van der Waals surface area contributed by atoms with Crippen LogP contribution in [0.25, 0.3) is 0 Å². The van der Waals surface area contributed by atoms with Gasteiger partial charge in [-0.15, -0.1) is 0 Å². The molecule has 0 atom stereocenters. The SMILES string of the molecule is CC1(CNC(=O)COc2ccc(CN)cc2)CCCCC1. The van der Waals surface area contributed by atoms with Crippen molar-refractivity contribution in [2.45, 2.75) is 45.6 Å². The summed E-state index contributed by atoms with van der Waals surface area (Å²) in [6.07, 6.45) is 6.28. The van der Waals surface area contributed by atoms with Gasteiger partial charge in [-0.2, -0.15) is 0 Å². The van der Waals surface area contributed by atoms with Crippen molar-refractivity contribution in [2.24, 2.45) is 11.1 Å². The van der Waals surface area contributed by atoms with Crippen molar-refractivity contribution in [3.63, 3.8) is 0 Å². The number of hydrogen-bond acceptors (Lipinski definition) is 3. The second-order valence-electron chi connectivity index (χ2n) is 6.28. The molecule has 1 aliphatic rings. The van der Waals surface area contributed by atoms with Gasteiger partial charge in [0.25, 0.3) is 5.91 Å². The van der Waals surface area contributed by atoms with Crippen LogP contribution < -0.4 is 15.8 Å². The molecule has 4 nitrogen and oxygen atoms in total. The molecule has 0 bridgehead atoms. The number of amides is 1. The van der Waals surface area contributed by atoms with Gasteiger partial charge in [0.1, 0.15) is 5.75 Å². The minimum Gasteiger partial charge on any atom is -0.484 e. The van der Waals surface area contributed by atoms with E-state index in [1.54, 1.807) is 0 Å². The Hall–Kier alpha value is -1.55. The molecule has 0 aliphatic heterocycles.